The summed E-state index contributed by atoms with van der Waals surface area (Å²) in [5.74, 6) is -1.07. The Morgan fingerprint density at radius 3 is 2.33 bits per heavy atom. The lowest BCUT2D eigenvalue weighted by Gasteiger charge is -2.39. The van der Waals surface area contributed by atoms with Crippen LogP contribution in [0, 0.1) is 0 Å². The average molecular weight is 373 g/mol. The first kappa shape index (κ1) is 18.1. The van der Waals surface area contributed by atoms with Crippen LogP contribution in [0.4, 0.5) is 11.4 Å². The zero-order chi connectivity index (χ0) is 19.0. The normalized spacial score (nSPS) is 25.4. The molecule has 1 aromatic carbocycles. The zero-order valence-corrected chi connectivity index (χ0v) is 15.3. The Hall–Kier alpha value is -2.29. The molecule has 8 heteroatoms. The van der Waals surface area contributed by atoms with E-state index < -0.39 is 11.8 Å². The fourth-order valence-corrected chi connectivity index (χ4v) is 4.03. The molecule has 0 saturated carbocycles. The van der Waals surface area contributed by atoms with Crippen molar-refractivity contribution in [3.05, 3.63) is 24.3 Å². The van der Waals surface area contributed by atoms with Crippen molar-refractivity contribution in [2.45, 2.75) is 38.0 Å². The molecule has 3 fully saturated rings. The van der Waals surface area contributed by atoms with Gasteiger partial charge in [0, 0.05) is 38.5 Å². The topological polar surface area (TPSA) is 88.2 Å². The molecule has 3 heterocycles. The molecular weight excluding hydrogens is 350 g/mol. The van der Waals surface area contributed by atoms with Crippen molar-refractivity contribution in [1.29, 1.82) is 0 Å². The summed E-state index contributed by atoms with van der Waals surface area (Å²) in [6.07, 6.45) is 1.59. The molecule has 1 aromatic rings. The maximum absolute atomic E-state index is 12.9. The van der Waals surface area contributed by atoms with Gasteiger partial charge in [-0.1, -0.05) is 0 Å². The van der Waals surface area contributed by atoms with Crippen molar-refractivity contribution in [2.75, 3.05) is 36.5 Å². The second kappa shape index (κ2) is 7.03. The third-order valence-electron chi connectivity index (χ3n) is 5.38. The number of anilines is 2. The van der Waals surface area contributed by atoms with Crippen molar-refractivity contribution in [3.63, 3.8) is 0 Å². The molecule has 144 valence electrons. The van der Waals surface area contributed by atoms with E-state index in [9.17, 15) is 14.4 Å². The predicted octanol–water partition coefficient (Wildman–Crippen LogP) is 1.12. The van der Waals surface area contributed by atoms with Gasteiger partial charge < -0.3 is 14.8 Å². The van der Waals surface area contributed by atoms with E-state index >= 15 is 0 Å². The Labute approximate surface area is 157 Å². The van der Waals surface area contributed by atoms with Crippen LogP contribution in [-0.2, 0) is 23.9 Å². The molecule has 3 saturated heterocycles. The number of rotatable bonds is 3. The Morgan fingerprint density at radius 2 is 1.74 bits per heavy atom. The van der Waals surface area contributed by atoms with Gasteiger partial charge in [-0.25, -0.2) is 4.90 Å². The number of nitrogens with zero attached hydrogens (tertiary/aromatic N) is 2. The van der Waals surface area contributed by atoms with E-state index in [0.717, 1.165) is 0 Å². The Bertz CT molecular complexity index is 747. The summed E-state index contributed by atoms with van der Waals surface area (Å²) in [5.41, 5.74) is 1.15. The summed E-state index contributed by atoms with van der Waals surface area (Å²) >= 11 is 0. The van der Waals surface area contributed by atoms with Gasteiger partial charge in [-0.2, -0.15) is 0 Å². The Kier molecular flexibility index (Phi) is 4.71. The van der Waals surface area contributed by atoms with Gasteiger partial charge in [0.05, 0.1) is 31.4 Å². The lowest BCUT2D eigenvalue weighted by Crippen LogP contribution is -2.51. The van der Waals surface area contributed by atoms with Crippen molar-refractivity contribution in [1.82, 2.24) is 4.90 Å². The first-order valence-corrected chi connectivity index (χ1v) is 9.24. The van der Waals surface area contributed by atoms with Crippen LogP contribution in [0.1, 0.15) is 26.2 Å². The first-order valence-electron chi connectivity index (χ1n) is 9.24. The highest BCUT2D eigenvalue weighted by molar-refractivity contribution is 6.22. The van der Waals surface area contributed by atoms with E-state index in [-0.39, 0.29) is 24.1 Å². The van der Waals surface area contributed by atoms with Crippen molar-refractivity contribution < 1.29 is 23.9 Å². The number of nitrogens with one attached hydrogen (secondary N) is 1. The van der Waals surface area contributed by atoms with Crippen LogP contribution < -0.4 is 10.2 Å². The van der Waals surface area contributed by atoms with Crippen LogP contribution in [0.2, 0.25) is 0 Å². The Balaban J connectivity index is 1.43. The lowest BCUT2D eigenvalue weighted by atomic mass is 10.0. The predicted molar refractivity (Wildman–Crippen MR) is 97.1 cm³/mol. The molecule has 4 rings (SSSR count). The summed E-state index contributed by atoms with van der Waals surface area (Å²) < 4.78 is 11.5. The first-order chi connectivity index (χ1) is 13.0. The van der Waals surface area contributed by atoms with Crippen LogP contribution in [0.25, 0.3) is 0 Å². The van der Waals surface area contributed by atoms with E-state index in [1.54, 1.807) is 24.3 Å². The molecule has 8 nitrogen and oxygen atoms in total. The standard InChI is InChI=1S/C19H23N3O5/c1-13(23)20-14-2-4-15(5-3-14)22-17(24)12-16(18(22)25)21-8-6-19(7-9-21)26-10-11-27-19/h2-5,16H,6-12H2,1H3,(H,20,23)/t16-/m0/s1. The van der Waals surface area contributed by atoms with Crippen molar-refractivity contribution >= 4 is 29.1 Å². The van der Waals surface area contributed by atoms with Gasteiger partial charge in [-0.15, -0.1) is 0 Å². The molecule has 27 heavy (non-hydrogen) atoms. The number of benzene rings is 1. The van der Waals surface area contributed by atoms with Gasteiger partial charge in [0.25, 0.3) is 5.91 Å². The van der Waals surface area contributed by atoms with Gasteiger partial charge in [-0.05, 0) is 24.3 Å². The highest BCUT2D eigenvalue weighted by Gasteiger charge is 2.47. The van der Waals surface area contributed by atoms with Crippen molar-refractivity contribution in [3.8, 4) is 0 Å². The second-order valence-corrected chi connectivity index (χ2v) is 7.16. The Morgan fingerprint density at radius 1 is 1.11 bits per heavy atom. The molecule has 1 spiro atoms. The molecule has 0 bridgehead atoms. The summed E-state index contributed by atoms with van der Waals surface area (Å²) in [4.78, 5) is 39.9. The van der Waals surface area contributed by atoms with Crippen LogP contribution in [0.5, 0.6) is 0 Å². The minimum atomic E-state index is -0.499. The molecule has 0 aromatic heterocycles. The monoisotopic (exact) mass is 373 g/mol. The molecule has 3 aliphatic rings. The average Bonchev–Trinajstić information content (AvgIpc) is 3.21. The molecule has 3 aliphatic heterocycles. The number of ether oxygens (including phenoxy) is 2. The van der Waals surface area contributed by atoms with Crippen LogP contribution >= 0.6 is 0 Å². The number of hydrogen-bond donors (Lipinski definition) is 1. The zero-order valence-electron chi connectivity index (χ0n) is 15.3. The molecule has 0 unspecified atom stereocenters. The van der Waals surface area contributed by atoms with Gasteiger partial charge in [0.1, 0.15) is 0 Å². The second-order valence-electron chi connectivity index (χ2n) is 7.16. The van der Waals surface area contributed by atoms with Gasteiger partial charge in [-0.3, -0.25) is 19.3 Å². The van der Waals surface area contributed by atoms with Crippen LogP contribution in [-0.4, -0.2) is 60.8 Å². The molecule has 3 amide bonds. The number of imide groups is 1. The highest BCUT2D eigenvalue weighted by atomic mass is 16.7. The van der Waals surface area contributed by atoms with Crippen molar-refractivity contribution in [2.24, 2.45) is 0 Å². The van der Waals surface area contributed by atoms with Crippen LogP contribution in [0.3, 0.4) is 0 Å². The number of carbonyl (C=O) groups excluding carboxylic acids is 3. The van der Waals surface area contributed by atoms with E-state index in [2.05, 4.69) is 10.2 Å². The summed E-state index contributed by atoms with van der Waals surface area (Å²) in [6, 6.07) is 6.28. The number of amides is 3. The quantitative estimate of drug-likeness (QED) is 0.799. The number of likely N-dealkylation sites (tertiary alicyclic amines) is 1. The van der Waals surface area contributed by atoms with Gasteiger partial charge in [0.15, 0.2) is 5.79 Å². The van der Waals surface area contributed by atoms with E-state index in [4.69, 9.17) is 9.47 Å². The van der Waals surface area contributed by atoms with E-state index in [0.29, 0.717) is 50.5 Å². The van der Waals surface area contributed by atoms with E-state index in [1.807, 2.05) is 0 Å². The maximum atomic E-state index is 12.9. The fraction of sp³-hybridized carbons (Fsp3) is 0.526. The SMILES string of the molecule is CC(=O)Nc1ccc(N2C(=O)C[C@H](N3CCC4(CC3)OCCO4)C2=O)cc1. The highest BCUT2D eigenvalue weighted by Crippen LogP contribution is 2.34. The molecule has 1 atom stereocenters. The number of hydrogen-bond acceptors (Lipinski definition) is 6. The maximum Gasteiger partial charge on any atom is 0.251 e. The lowest BCUT2D eigenvalue weighted by molar-refractivity contribution is -0.188. The molecule has 1 N–H and O–H groups in total. The minimum Gasteiger partial charge on any atom is -0.347 e. The minimum absolute atomic E-state index is 0.172. The molecule has 0 aliphatic carbocycles. The smallest absolute Gasteiger partial charge is 0.251 e. The van der Waals surface area contributed by atoms with Gasteiger partial charge >= 0.3 is 0 Å². The fourth-order valence-electron chi connectivity index (χ4n) is 4.03. The van der Waals surface area contributed by atoms with E-state index in [1.165, 1.54) is 11.8 Å². The summed E-state index contributed by atoms with van der Waals surface area (Å²) in [7, 11) is 0. The number of carbonyl (C=O) groups is 3. The summed E-state index contributed by atoms with van der Waals surface area (Å²) in [6.45, 7) is 3.99. The largest absolute Gasteiger partial charge is 0.347 e. The molecular formula is C19H23N3O5. The third kappa shape index (κ3) is 3.47. The van der Waals surface area contributed by atoms with Crippen LogP contribution in [0.15, 0.2) is 24.3 Å². The summed E-state index contributed by atoms with van der Waals surface area (Å²) in [5, 5.41) is 2.67. The molecule has 0 radical (unpaired) electrons. The number of piperidine rings is 1. The van der Waals surface area contributed by atoms with Gasteiger partial charge in [0.2, 0.25) is 11.8 Å². The third-order valence-corrected chi connectivity index (χ3v) is 5.38.